The SMILES string of the molecule is CC1(C)CC[C@@H](N)C1. The second kappa shape index (κ2) is 1.73. The van der Waals surface area contributed by atoms with E-state index in [-0.39, 0.29) is 0 Å². The summed E-state index contributed by atoms with van der Waals surface area (Å²) in [7, 11) is 0. The third-order valence-electron chi connectivity index (χ3n) is 2.01. The standard InChI is InChI=1S/C7H15N/c1-7(2)4-3-6(8)5-7/h6H,3-5,8H2,1-2H3/t6-/m1/s1. The third-order valence-corrected chi connectivity index (χ3v) is 2.01. The van der Waals surface area contributed by atoms with Gasteiger partial charge < -0.3 is 5.73 Å². The first-order valence-corrected chi connectivity index (χ1v) is 3.36. The van der Waals surface area contributed by atoms with Gasteiger partial charge in [-0.1, -0.05) is 13.8 Å². The Morgan fingerprint density at radius 2 is 2.12 bits per heavy atom. The van der Waals surface area contributed by atoms with Crippen LogP contribution in [0.4, 0.5) is 0 Å². The highest BCUT2D eigenvalue weighted by atomic mass is 14.7. The van der Waals surface area contributed by atoms with Crippen LogP contribution in [0.1, 0.15) is 33.1 Å². The van der Waals surface area contributed by atoms with E-state index >= 15 is 0 Å². The van der Waals surface area contributed by atoms with E-state index in [4.69, 9.17) is 5.73 Å². The van der Waals surface area contributed by atoms with Gasteiger partial charge in [-0.15, -0.1) is 0 Å². The lowest BCUT2D eigenvalue weighted by atomic mass is 9.92. The zero-order valence-corrected chi connectivity index (χ0v) is 5.78. The first-order chi connectivity index (χ1) is 3.60. The highest BCUT2D eigenvalue weighted by Gasteiger charge is 2.27. The molecule has 0 heterocycles. The average molecular weight is 113 g/mol. The molecule has 1 fully saturated rings. The Morgan fingerprint density at radius 3 is 2.25 bits per heavy atom. The van der Waals surface area contributed by atoms with Gasteiger partial charge in [0.2, 0.25) is 0 Å². The van der Waals surface area contributed by atoms with Crippen LogP contribution < -0.4 is 5.73 Å². The van der Waals surface area contributed by atoms with Gasteiger partial charge in [0, 0.05) is 6.04 Å². The molecular weight excluding hydrogens is 98.1 g/mol. The van der Waals surface area contributed by atoms with Gasteiger partial charge in [0.15, 0.2) is 0 Å². The lowest BCUT2D eigenvalue weighted by molar-refractivity contribution is 0.376. The molecule has 0 aromatic carbocycles. The van der Waals surface area contributed by atoms with Crippen molar-refractivity contribution in [3.05, 3.63) is 0 Å². The molecule has 2 N–H and O–H groups in total. The van der Waals surface area contributed by atoms with Gasteiger partial charge in [0.1, 0.15) is 0 Å². The minimum absolute atomic E-state index is 0.491. The molecule has 8 heavy (non-hydrogen) atoms. The minimum Gasteiger partial charge on any atom is -0.328 e. The van der Waals surface area contributed by atoms with Crippen LogP contribution in [0.25, 0.3) is 0 Å². The summed E-state index contributed by atoms with van der Waals surface area (Å²) < 4.78 is 0. The van der Waals surface area contributed by atoms with Crippen molar-refractivity contribution in [2.45, 2.75) is 39.2 Å². The fraction of sp³-hybridized carbons (Fsp3) is 1.00. The van der Waals surface area contributed by atoms with Gasteiger partial charge in [-0.3, -0.25) is 0 Å². The number of hydrogen-bond acceptors (Lipinski definition) is 1. The van der Waals surface area contributed by atoms with E-state index in [1.54, 1.807) is 0 Å². The van der Waals surface area contributed by atoms with E-state index in [9.17, 15) is 0 Å². The van der Waals surface area contributed by atoms with Crippen LogP contribution in [0.5, 0.6) is 0 Å². The van der Waals surface area contributed by atoms with Crippen molar-refractivity contribution >= 4 is 0 Å². The highest BCUT2D eigenvalue weighted by Crippen LogP contribution is 2.35. The largest absolute Gasteiger partial charge is 0.328 e. The number of rotatable bonds is 0. The second-order valence-corrected chi connectivity index (χ2v) is 3.67. The van der Waals surface area contributed by atoms with Crippen molar-refractivity contribution in [1.82, 2.24) is 0 Å². The summed E-state index contributed by atoms with van der Waals surface area (Å²) in [4.78, 5) is 0. The molecule has 1 heteroatoms. The molecule has 0 saturated heterocycles. The Balaban J connectivity index is 2.44. The maximum absolute atomic E-state index is 5.71. The molecule has 1 aliphatic carbocycles. The van der Waals surface area contributed by atoms with Gasteiger partial charge in [0.05, 0.1) is 0 Å². The summed E-state index contributed by atoms with van der Waals surface area (Å²) in [5, 5.41) is 0. The number of nitrogens with two attached hydrogens (primary N) is 1. The molecule has 1 saturated carbocycles. The zero-order chi connectivity index (χ0) is 6.20. The molecule has 0 unspecified atom stereocenters. The van der Waals surface area contributed by atoms with Gasteiger partial charge in [-0.25, -0.2) is 0 Å². The summed E-state index contributed by atoms with van der Waals surface area (Å²) in [6.07, 6.45) is 3.76. The van der Waals surface area contributed by atoms with E-state index in [1.807, 2.05) is 0 Å². The Kier molecular flexibility index (Phi) is 1.31. The van der Waals surface area contributed by atoms with Crippen LogP contribution in [0.3, 0.4) is 0 Å². The van der Waals surface area contributed by atoms with Crippen LogP contribution in [-0.2, 0) is 0 Å². The molecule has 0 aromatic heterocycles. The monoisotopic (exact) mass is 113 g/mol. The summed E-state index contributed by atoms with van der Waals surface area (Å²) >= 11 is 0. The zero-order valence-electron chi connectivity index (χ0n) is 5.78. The van der Waals surface area contributed by atoms with E-state index < -0.39 is 0 Å². The third kappa shape index (κ3) is 1.22. The number of hydrogen-bond donors (Lipinski definition) is 1. The summed E-state index contributed by atoms with van der Waals surface area (Å²) in [5.74, 6) is 0. The van der Waals surface area contributed by atoms with Crippen LogP contribution in [-0.4, -0.2) is 6.04 Å². The summed E-state index contributed by atoms with van der Waals surface area (Å²) in [5.41, 5.74) is 6.25. The van der Waals surface area contributed by atoms with E-state index in [2.05, 4.69) is 13.8 Å². The molecule has 1 atom stereocenters. The lowest BCUT2D eigenvalue weighted by Crippen LogP contribution is -2.16. The fourth-order valence-corrected chi connectivity index (χ4v) is 1.49. The average Bonchev–Trinajstić information content (AvgIpc) is 1.82. The van der Waals surface area contributed by atoms with Crippen molar-refractivity contribution in [2.24, 2.45) is 11.1 Å². The maximum Gasteiger partial charge on any atom is 0.00441 e. The molecule has 48 valence electrons. The molecule has 1 aliphatic rings. The van der Waals surface area contributed by atoms with Crippen molar-refractivity contribution in [3.8, 4) is 0 Å². The van der Waals surface area contributed by atoms with Crippen molar-refractivity contribution in [2.75, 3.05) is 0 Å². The van der Waals surface area contributed by atoms with Gasteiger partial charge >= 0.3 is 0 Å². The first kappa shape index (κ1) is 6.09. The van der Waals surface area contributed by atoms with Gasteiger partial charge in [-0.2, -0.15) is 0 Å². The van der Waals surface area contributed by atoms with Crippen LogP contribution in [0.2, 0.25) is 0 Å². The van der Waals surface area contributed by atoms with Gasteiger partial charge in [0.25, 0.3) is 0 Å². The van der Waals surface area contributed by atoms with E-state index in [1.165, 1.54) is 19.3 Å². The smallest absolute Gasteiger partial charge is 0.00441 e. The minimum atomic E-state index is 0.491. The Hall–Kier alpha value is -0.0400. The van der Waals surface area contributed by atoms with Crippen molar-refractivity contribution in [3.63, 3.8) is 0 Å². The Morgan fingerprint density at radius 1 is 1.50 bits per heavy atom. The lowest BCUT2D eigenvalue weighted by Gasteiger charge is -2.14. The predicted octanol–water partition coefficient (Wildman–Crippen LogP) is 1.52. The fourth-order valence-electron chi connectivity index (χ4n) is 1.49. The van der Waals surface area contributed by atoms with E-state index in [0.717, 1.165) is 0 Å². The van der Waals surface area contributed by atoms with Gasteiger partial charge in [-0.05, 0) is 24.7 Å². The molecule has 0 amide bonds. The molecule has 0 radical (unpaired) electrons. The normalized spacial score (nSPS) is 35.6. The molecular formula is C7H15N. The predicted molar refractivity (Wildman–Crippen MR) is 35.6 cm³/mol. The summed E-state index contributed by atoms with van der Waals surface area (Å²) in [6, 6.07) is 0.491. The van der Waals surface area contributed by atoms with Crippen LogP contribution in [0, 0.1) is 5.41 Å². The molecule has 0 aromatic rings. The Labute approximate surface area is 51.3 Å². The molecule has 0 bridgehead atoms. The topological polar surface area (TPSA) is 26.0 Å². The first-order valence-electron chi connectivity index (χ1n) is 3.36. The molecule has 0 aliphatic heterocycles. The molecule has 1 rings (SSSR count). The summed E-state index contributed by atoms with van der Waals surface area (Å²) in [6.45, 7) is 4.58. The maximum atomic E-state index is 5.71. The highest BCUT2D eigenvalue weighted by molar-refractivity contribution is 4.83. The van der Waals surface area contributed by atoms with E-state index in [0.29, 0.717) is 11.5 Å². The molecule has 0 spiro atoms. The van der Waals surface area contributed by atoms with Crippen LogP contribution in [0.15, 0.2) is 0 Å². The van der Waals surface area contributed by atoms with Crippen molar-refractivity contribution in [1.29, 1.82) is 0 Å². The van der Waals surface area contributed by atoms with Crippen LogP contribution >= 0.6 is 0 Å². The second-order valence-electron chi connectivity index (χ2n) is 3.67. The van der Waals surface area contributed by atoms with Crippen molar-refractivity contribution < 1.29 is 0 Å². The Bertz CT molecular complexity index is 86.4. The quantitative estimate of drug-likeness (QED) is 0.506. The molecule has 1 nitrogen and oxygen atoms in total.